The van der Waals surface area contributed by atoms with Crippen LogP contribution in [0.3, 0.4) is 0 Å². The molecule has 2 aliphatic heterocycles. The number of amides is 2. The molecule has 1 atom stereocenters. The predicted molar refractivity (Wildman–Crippen MR) is 97.9 cm³/mol. The fraction of sp³-hybridized carbons (Fsp3) is 0.647. The average molecular weight is 369 g/mol. The second-order valence-electron chi connectivity index (χ2n) is 6.08. The normalized spacial score (nSPS) is 21.8. The molecule has 132 valence electrons. The maximum atomic E-state index is 12.8. The molecule has 1 aromatic heterocycles. The Bertz CT molecular complexity index is 584. The number of carbonyl (C=O) groups is 2. The lowest BCUT2D eigenvalue weighted by Gasteiger charge is -2.36. The highest BCUT2D eigenvalue weighted by Gasteiger charge is 2.31. The number of carbonyl (C=O) groups excluding carboxylic acids is 2. The number of hydrogen-bond donors (Lipinski definition) is 0. The summed E-state index contributed by atoms with van der Waals surface area (Å²) in [5.41, 5.74) is 0.741. The van der Waals surface area contributed by atoms with Crippen molar-refractivity contribution in [3.63, 3.8) is 0 Å². The lowest BCUT2D eigenvalue weighted by Crippen LogP contribution is -2.51. The summed E-state index contributed by atoms with van der Waals surface area (Å²) in [6.07, 6.45) is 1.30. The molecule has 1 aromatic rings. The molecule has 2 fully saturated rings. The van der Waals surface area contributed by atoms with Crippen molar-refractivity contribution in [2.75, 3.05) is 44.4 Å². The smallest absolute Gasteiger partial charge is 0.255 e. The minimum Gasteiger partial charge on any atom is -0.377 e. The van der Waals surface area contributed by atoms with Crippen LogP contribution < -0.4 is 0 Å². The van der Waals surface area contributed by atoms with E-state index in [-0.39, 0.29) is 17.9 Å². The van der Waals surface area contributed by atoms with Crippen LogP contribution >= 0.6 is 23.1 Å². The van der Waals surface area contributed by atoms with E-state index in [1.165, 1.54) is 4.88 Å². The van der Waals surface area contributed by atoms with Crippen LogP contribution in [0.4, 0.5) is 0 Å². The van der Waals surface area contributed by atoms with Crippen molar-refractivity contribution >= 4 is 34.9 Å². The van der Waals surface area contributed by atoms with Gasteiger partial charge in [-0.15, -0.1) is 11.3 Å². The van der Waals surface area contributed by atoms with Crippen LogP contribution in [-0.2, 0) is 16.0 Å². The van der Waals surface area contributed by atoms with Gasteiger partial charge in [0.1, 0.15) is 0 Å². The van der Waals surface area contributed by atoms with Gasteiger partial charge in [0.05, 0.1) is 24.8 Å². The number of ether oxygens (including phenoxy) is 1. The first-order chi connectivity index (χ1) is 11.7. The molecule has 0 aromatic carbocycles. The molecule has 0 aliphatic carbocycles. The number of morpholine rings is 1. The summed E-state index contributed by atoms with van der Waals surface area (Å²) in [6.45, 7) is 5.27. The van der Waals surface area contributed by atoms with Crippen molar-refractivity contribution in [1.29, 1.82) is 0 Å². The van der Waals surface area contributed by atoms with Gasteiger partial charge in [0, 0.05) is 47.8 Å². The van der Waals surface area contributed by atoms with Gasteiger partial charge in [-0.3, -0.25) is 9.59 Å². The van der Waals surface area contributed by atoms with Gasteiger partial charge < -0.3 is 14.5 Å². The molecule has 0 bridgehead atoms. The van der Waals surface area contributed by atoms with E-state index in [0.717, 1.165) is 36.6 Å². The molecule has 7 heteroatoms. The van der Waals surface area contributed by atoms with E-state index < -0.39 is 0 Å². The minimum atomic E-state index is -0.154. The van der Waals surface area contributed by atoms with E-state index in [9.17, 15) is 9.59 Å². The number of thiophene rings is 1. The maximum Gasteiger partial charge on any atom is 0.255 e. The molecular weight excluding hydrogens is 344 g/mol. The zero-order valence-corrected chi connectivity index (χ0v) is 15.7. The second kappa shape index (κ2) is 8.36. The van der Waals surface area contributed by atoms with Crippen LogP contribution in [0.2, 0.25) is 0 Å². The van der Waals surface area contributed by atoms with Crippen LogP contribution in [0.25, 0.3) is 0 Å². The van der Waals surface area contributed by atoms with Gasteiger partial charge in [-0.2, -0.15) is 11.8 Å². The molecule has 2 amide bonds. The third-order valence-corrected chi connectivity index (χ3v) is 6.54. The Labute approximate surface area is 151 Å². The molecule has 0 saturated carbocycles. The third-order valence-electron chi connectivity index (χ3n) is 4.51. The first kappa shape index (κ1) is 17.8. The first-order valence-corrected chi connectivity index (χ1v) is 10.5. The second-order valence-corrected chi connectivity index (χ2v) is 8.30. The highest BCUT2D eigenvalue weighted by Crippen LogP contribution is 2.21. The van der Waals surface area contributed by atoms with Crippen molar-refractivity contribution in [3.05, 3.63) is 21.9 Å². The Balaban J connectivity index is 1.66. The monoisotopic (exact) mass is 368 g/mol. The Kier molecular flexibility index (Phi) is 6.19. The van der Waals surface area contributed by atoms with E-state index in [1.807, 2.05) is 33.0 Å². The van der Waals surface area contributed by atoms with Crippen molar-refractivity contribution < 1.29 is 14.3 Å². The summed E-state index contributed by atoms with van der Waals surface area (Å²) >= 11 is 3.51. The minimum absolute atomic E-state index is 0.0289. The fourth-order valence-corrected chi connectivity index (χ4v) is 4.79. The highest BCUT2D eigenvalue weighted by molar-refractivity contribution is 7.99. The molecule has 0 radical (unpaired) electrons. The topological polar surface area (TPSA) is 49.9 Å². The van der Waals surface area contributed by atoms with Crippen LogP contribution in [0, 0.1) is 0 Å². The van der Waals surface area contributed by atoms with E-state index in [1.54, 1.807) is 11.3 Å². The van der Waals surface area contributed by atoms with E-state index >= 15 is 0 Å². The van der Waals surface area contributed by atoms with Crippen molar-refractivity contribution in [1.82, 2.24) is 9.80 Å². The van der Waals surface area contributed by atoms with E-state index in [4.69, 9.17) is 4.74 Å². The largest absolute Gasteiger partial charge is 0.377 e. The van der Waals surface area contributed by atoms with Crippen LogP contribution in [-0.4, -0.2) is 72.0 Å². The van der Waals surface area contributed by atoms with Crippen molar-refractivity contribution in [2.45, 2.75) is 25.8 Å². The highest BCUT2D eigenvalue weighted by atomic mass is 32.2. The van der Waals surface area contributed by atoms with Crippen molar-refractivity contribution in [3.8, 4) is 0 Å². The molecule has 0 unspecified atom stereocenters. The van der Waals surface area contributed by atoms with E-state index in [0.29, 0.717) is 26.2 Å². The van der Waals surface area contributed by atoms with Gasteiger partial charge in [-0.1, -0.05) is 6.92 Å². The summed E-state index contributed by atoms with van der Waals surface area (Å²) in [5.74, 6) is 2.18. The predicted octanol–water partition coefficient (Wildman–Crippen LogP) is 2.12. The van der Waals surface area contributed by atoms with E-state index in [2.05, 4.69) is 6.92 Å². The summed E-state index contributed by atoms with van der Waals surface area (Å²) in [4.78, 5) is 30.4. The van der Waals surface area contributed by atoms with Crippen LogP contribution in [0.1, 0.15) is 28.6 Å². The van der Waals surface area contributed by atoms with Gasteiger partial charge in [0.15, 0.2) is 0 Å². The molecule has 24 heavy (non-hydrogen) atoms. The molecule has 5 nitrogen and oxygen atoms in total. The molecule has 0 N–H and O–H groups in total. The van der Waals surface area contributed by atoms with Crippen molar-refractivity contribution in [2.24, 2.45) is 0 Å². The molecule has 2 saturated heterocycles. The quantitative estimate of drug-likeness (QED) is 0.817. The van der Waals surface area contributed by atoms with Gasteiger partial charge in [-0.25, -0.2) is 0 Å². The molecular formula is C17H24N2O3S2. The van der Waals surface area contributed by atoms with Crippen LogP contribution in [0.15, 0.2) is 11.4 Å². The number of hydrogen-bond acceptors (Lipinski definition) is 5. The zero-order valence-electron chi connectivity index (χ0n) is 14.0. The average Bonchev–Trinajstić information content (AvgIpc) is 3.11. The molecule has 3 rings (SSSR count). The summed E-state index contributed by atoms with van der Waals surface area (Å²) in [7, 11) is 0. The van der Waals surface area contributed by atoms with Gasteiger partial charge in [0.25, 0.3) is 5.91 Å². The fourth-order valence-electron chi connectivity index (χ4n) is 3.08. The first-order valence-electron chi connectivity index (χ1n) is 8.50. The van der Waals surface area contributed by atoms with Gasteiger partial charge in [0.2, 0.25) is 5.91 Å². The SMILES string of the molecule is CCc1cc(C(=O)N2CCOC[C@@H]2CC(=O)N2CCSCC2)cs1. The zero-order chi connectivity index (χ0) is 16.9. The Hall–Kier alpha value is -1.05. The Morgan fingerprint density at radius 2 is 2.08 bits per heavy atom. The Morgan fingerprint density at radius 3 is 2.79 bits per heavy atom. The van der Waals surface area contributed by atoms with Gasteiger partial charge in [-0.05, 0) is 12.5 Å². The molecule has 3 heterocycles. The van der Waals surface area contributed by atoms with Crippen LogP contribution in [0.5, 0.6) is 0 Å². The third kappa shape index (κ3) is 4.13. The number of rotatable bonds is 4. The number of nitrogens with zero attached hydrogens (tertiary/aromatic N) is 2. The number of aryl methyl sites for hydroxylation is 1. The lowest BCUT2D eigenvalue weighted by molar-refractivity contribution is -0.133. The van der Waals surface area contributed by atoms with Gasteiger partial charge >= 0.3 is 0 Å². The lowest BCUT2D eigenvalue weighted by atomic mass is 10.1. The Morgan fingerprint density at radius 1 is 1.29 bits per heavy atom. The number of thioether (sulfide) groups is 1. The summed E-state index contributed by atoms with van der Waals surface area (Å²) in [6, 6.07) is 1.82. The molecule has 0 spiro atoms. The summed E-state index contributed by atoms with van der Waals surface area (Å²) in [5, 5.41) is 1.93. The molecule has 2 aliphatic rings. The summed E-state index contributed by atoms with van der Waals surface area (Å²) < 4.78 is 5.55. The standard InChI is InChI=1S/C17H24N2O3S2/c1-2-15-9-13(12-24-15)17(21)19-3-6-22-11-14(19)10-16(20)18-4-7-23-8-5-18/h9,12,14H,2-8,10-11H2,1H3/t14-/m0/s1. The maximum absolute atomic E-state index is 12.8.